The molecule has 0 unspecified atom stereocenters. The highest BCUT2D eigenvalue weighted by Gasteiger charge is 2.32. The van der Waals surface area contributed by atoms with E-state index in [0.717, 1.165) is 18.3 Å². The van der Waals surface area contributed by atoms with Crippen LogP contribution in [0.1, 0.15) is 16.1 Å². The smallest absolute Gasteiger partial charge is 0.433 e. The summed E-state index contributed by atoms with van der Waals surface area (Å²) in [6, 6.07) is 5.20. The van der Waals surface area contributed by atoms with E-state index in [4.69, 9.17) is 4.74 Å². The second-order valence-electron chi connectivity index (χ2n) is 3.78. The number of benzene rings is 1. The SMILES string of the molecule is O=Cc1ccc(Oc2ccnc(C(F)(F)F)c2)c(F)c1. The molecule has 104 valence electrons. The Bertz CT molecular complexity index is 641. The first-order valence-corrected chi connectivity index (χ1v) is 5.36. The number of carbonyl (C=O) groups is 1. The van der Waals surface area contributed by atoms with Gasteiger partial charge in [0, 0.05) is 17.8 Å². The maximum Gasteiger partial charge on any atom is 0.433 e. The highest BCUT2D eigenvalue weighted by Crippen LogP contribution is 2.31. The van der Waals surface area contributed by atoms with Gasteiger partial charge in [0.15, 0.2) is 11.6 Å². The summed E-state index contributed by atoms with van der Waals surface area (Å²) in [5.41, 5.74) is -1.04. The Hall–Kier alpha value is -2.44. The zero-order chi connectivity index (χ0) is 14.8. The zero-order valence-electron chi connectivity index (χ0n) is 9.82. The molecule has 1 aromatic carbocycles. The first kappa shape index (κ1) is 14.0. The van der Waals surface area contributed by atoms with Gasteiger partial charge in [-0.3, -0.25) is 9.78 Å². The van der Waals surface area contributed by atoms with Crippen LogP contribution >= 0.6 is 0 Å². The number of alkyl halides is 3. The third-order valence-electron chi connectivity index (χ3n) is 2.34. The van der Waals surface area contributed by atoms with Crippen molar-refractivity contribution >= 4 is 6.29 Å². The molecule has 2 aromatic rings. The van der Waals surface area contributed by atoms with Gasteiger partial charge >= 0.3 is 6.18 Å². The Morgan fingerprint density at radius 2 is 1.90 bits per heavy atom. The van der Waals surface area contributed by atoms with Gasteiger partial charge in [-0.2, -0.15) is 13.2 Å². The van der Waals surface area contributed by atoms with Crippen LogP contribution in [0.15, 0.2) is 36.5 Å². The second kappa shape index (κ2) is 5.28. The quantitative estimate of drug-likeness (QED) is 0.635. The van der Waals surface area contributed by atoms with E-state index in [1.54, 1.807) is 0 Å². The highest BCUT2D eigenvalue weighted by molar-refractivity contribution is 5.75. The number of hydrogen-bond donors (Lipinski definition) is 0. The van der Waals surface area contributed by atoms with E-state index >= 15 is 0 Å². The average molecular weight is 285 g/mol. The average Bonchev–Trinajstić information content (AvgIpc) is 2.40. The molecular formula is C13H7F4NO2. The van der Waals surface area contributed by atoms with E-state index in [2.05, 4.69) is 4.98 Å². The standard InChI is InChI=1S/C13H7F4NO2/c14-10-5-8(7-19)1-2-11(10)20-9-3-4-18-12(6-9)13(15,16)17/h1-7H. The third kappa shape index (κ3) is 3.11. The van der Waals surface area contributed by atoms with Crippen molar-refractivity contribution in [3.05, 3.63) is 53.6 Å². The first-order valence-electron chi connectivity index (χ1n) is 5.36. The number of hydrogen-bond acceptors (Lipinski definition) is 3. The van der Waals surface area contributed by atoms with Crippen molar-refractivity contribution in [2.75, 3.05) is 0 Å². The molecule has 0 aliphatic carbocycles. The molecule has 0 radical (unpaired) electrons. The number of halogens is 4. The summed E-state index contributed by atoms with van der Waals surface area (Å²) in [5, 5.41) is 0. The summed E-state index contributed by atoms with van der Waals surface area (Å²) in [6.45, 7) is 0. The molecule has 3 nitrogen and oxygen atoms in total. The van der Waals surface area contributed by atoms with Gasteiger partial charge in [-0.25, -0.2) is 4.39 Å². The zero-order valence-corrected chi connectivity index (χ0v) is 9.82. The van der Waals surface area contributed by atoms with E-state index in [-0.39, 0.29) is 17.1 Å². The summed E-state index contributed by atoms with van der Waals surface area (Å²) in [4.78, 5) is 13.6. The molecule has 1 aromatic heterocycles. The van der Waals surface area contributed by atoms with Crippen LogP contribution in [0.5, 0.6) is 11.5 Å². The topological polar surface area (TPSA) is 39.2 Å². The van der Waals surface area contributed by atoms with Gasteiger partial charge in [0.05, 0.1) is 0 Å². The number of ether oxygens (including phenoxy) is 1. The molecule has 2 rings (SSSR count). The van der Waals surface area contributed by atoms with Crippen molar-refractivity contribution in [1.29, 1.82) is 0 Å². The molecule has 0 bridgehead atoms. The monoisotopic (exact) mass is 285 g/mol. The highest BCUT2D eigenvalue weighted by atomic mass is 19.4. The number of aldehydes is 1. The van der Waals surface area contributed by atoms with Gasteiger partial charge in [-0.05, 0) is 24.3 Å². The molecule has 0 saturated carbocycles. The summed E-state index contributed by atoms with van der Waals surface area (Å²) in [6.07, 6.45) is -3.25. The Labute approximate surface area is 110 Å². The number of aromatic nitrogens is 1. The predicted octanol–water partition coefficient (Wildman–Crippen LogP) is 3.84. The largest absolute Gasteiger partial charge is 0.454 e. The van der Waals surface area contributed by atoms with Gasteiger partial charge in [0.2, 0.25) is 0 Å². The molecule has 1 heterocycles. The van der Waals surface area contributed by atoms with E-state index in [9.17, 15) is 22.4 Å². The molecule has 0 amide bonds. The van der Waals surface area contributed by atoms with Crippen LogP contribution in [0, 0.1) is 5.82 Å². The minimum atomic E-state index is -4.61. The number of pyridine rings is 1. The summed E-state index contributed by atoms with van der Waals surface area (Å²) < 4.78 is 55.9. The molecule has 0 spiro atoms. The van der Waals surface area contributed by atoms with E-state index in [0.29, 0.717) is 12.4 Å². The lowest BCUT2D eigenvalue weighted by atomic mass is 10.2. The molecular weight excluding hydrogens is 278 g/mol. The molecule has 0 aliphatic rings. The predicted molar refractivity (Wildman–Crippen MR) is 61.1 cm³/mol. The Kier molecular flexibility index (Phi) is 3.69. The second-order valence-corrected chi connectivity index (χ2v) is 3.78. The lowest BCUT2D eigenvalue weighted by molar-refractivity contribution is -0.141. The van der Waals surface area contributed by atoms with Crippen molar-refractivity contribution < 1.29 is 27.1 Å². The molecule has 0 fully saturated rings. The Balaban J connectivity index is 2.28. The normalized spacial score (nSPS) is 11.2. The first-order chi connectivity index (χ1) is 9.40. The molecule has 0 aliphatic heterocycles. The minimum absolute atomic E-state index is 0.0977. The Morgan fingerprint density at radius 3 is 2.50 bits per heavy atom. The van der Waals surface area contributed by atoms with Crippen LogP contribution in [-0.4, -0.2) is 11.3 Å². The van der Waals surface area contributed by atoms with Crippen molar-refractivity contribution in [1.82, 2.24) is 4.98 Å². The maximum absolute atomic E-state index is 13.5. The summed E-state index contributed by atoms with van der Waals surface area (Å²) in [5.74, 6) is -1.33. The van der Waals surface area contributed by atoms with Gasteiger partial charge in [0.1, 0.15) is 17.7 Å². The van der Waals surface area contributed by atoms with Crippen LogP contribution in [0.4, 0.5) is 17.6 Å². The van der Waals surface area contributed by atoms with Crippen molar-refractivity contribution in [3.63, 3.8) is 0 Å². The molecule has 7 heteroatoms. The molecule has 0 atom stereocenters. The van der Waals surface area contributed by atoms with Crippen LogP contribution in [0.3, 0.4) is 0 Å². The van der Waals surface area contributed by atoms with Gasteiger partial charge < -0.3 is 4.74 Å². The Morgan fingerprint density at radius 1 is 1.15 bits per heavy atom. The van der Waals surface area contributed by atoms with Crippen LogP contribution in [-0.2, 0) is 6.18 Å². The number of rotatable bonds is 3. The van der Waals surface area contributed by atoms with Gasteiger partial charge in [-0.1, -0.05) is 0 Å². The lowest BCUT2D eigenvalue weighted by Gasteiger charge is -2.09. The number of nitrogens with zero attached hydrogens (tertiary/aromatic N) is 1. The van der Waals surface area contributed by atoms with Crippen LogP contribution in [0.25, 0.3) is 0 Å². The van der Waals surface area contributed by atoms with Crippen molar-refractivity contribution in [2.24, 2.45) is 0 Å². The van der Waals surface area contributed by atoms with E-state index in [1.807, 2.05) is 0 Å². The maximum atomic E-state index is 13.5. The summed E-state index contributed by atoms with van der Waals surface area (Å²) in [7, 11) is 0. The summed E-state index contributed by atoms with van der Waals surface area (Å²) >= 11 is 0. The molecule has 20 heavy (non-hydrogen) atoms. The van der Waals surface area contributed by atoms with Gasteiger partial charge in [0.25, 0.3) is 0 Å². The van der Waals surface area contributed by atoms with Crippen molar-refractivity contribution in [2.45, 2.75) is 6.18 Å². The van der Waals surface area contributed by atoms with Crippen molar-refractivity contribution in [3.8, 4) is 11.5 Å². The fourth-order valence-corrected chi connectivity index (χ4v) is 1.43. The third-order valence-corrected chi connectivity index (χ3v) is 2.34. The fourth-order valence-electron chi connectivity index (χ4n) is 1.43. The minimum Gasteiger partial charge on any atom is -0.454 e. The van der Waals surface area contributed by atoms with Gasteiger partial charge in [-0.15, -0.1) is 0 Å². The van der Waals surface area contributed by atoms with E-state index in [1.165, 1.54) is 12.1 Å². The molecule has 0 N–H and O–H groups in total. The lowest BCUT2D eigenvalue weighted by Crippen LogP contribution is -2.07. The number of carbonyl (C=O) groups excluding carboxylic acids is 1. The van der Waals surface area contributed by atoms with E-state index < -0.39 is 17.7 Å². The van der Waals surface area contributed by atoms with Crippen LogP contribution < -0.4 is 4.74 Å². The van der Waals surface area contributed by atoms with Crippen LogP contribution in [0.2, 0.25) is 0 Å². The molecule has 0 saturated heterocycles. The fraction of sp³-hybridized carbons (Fsp3) is 0.0769.